The van der Waals surface area contributed by atoms with Crippen molar-refractivity contribution in [3.8, 4) is 0 Å². The van der Waals surface area contributed by atoms with Gasteiger partial charge in [0.25, 0.3) is 11.1 Å². The fourth-order valence-corrected chi connectivity index (χ4v) is 3.49. The lowest BCUT2D eigenvalue weighted by molar-refractivity contribution is -0.137. The second-order valence-corrected chi connectivity index (χ2v) is 6.97. The van der Waals surface area contributed by atoms with E-state index in [4.69, 9.17) is 0 Å². The van der Waals surface area contributed by atoms with Crippen molar-refractivity contribution in [3.05, 3.63) is 40.6 Å². The minimum atomic E-state index is -0.555. The molecule has 0 aromatic heterocycles. The fraction of sp³-hybridized carbons (Fsp3) is 0.353. The molecule has 1 aromatic rings. The van der Waals surface area contributed by atoms with Crippen molar-refractivity contribution in [3.63, 3.8) is 0 Å². The molecule has 3 amide bonds. The maximum absolute atomic E-state index is 13.7. The van der Waals surface area contributed by atoms with Gasteiger partial charge in [-0.2, -0.15) is 0 Å². The molecule has 2 fully saturated rings. The van der Waals surface area contributed by atoms with Crippen LogP contribution in [0.4, 0.5) is 9.18 Å². The molecular weight excluding hydrogens is 345 g/mol. The minimum absolute atomic E-state index is 0.126. The lowest BCUT2D eigenvalue weighted by atomic mass is 10.2. The Morgan fingerprint density at radius 2 is 1.88 bits per heavy atom. The van der Waals surface area contributed by atoms with Crippen LogP contribution in [0.5, 0.6) is 0 Å². The van der Waals surface area contributed by atoms with E-state index in [1.54, 1.807) is 17.0 Å². The average molecular weight is 363 g/mol. The number of hydrogen-bond donors (Lipinski definition) is 0. The van der Waals surface area contributed by atoms with Crippen LogP contribution in [-0.2, 0) is 9.59 Å². The van der Waals surface area contributed by atoms with Crippen LogP contribution in [0.2, 0.25) is 0 Å². The van der Waals surface area contributed by atoms with Crippen molar-refractivity contribution >= 4 is 34.9 Å². The van der Waals surface area contributed by atoms with Crippen LogP contribution in [0, 0.1) is 5.82 Å². The SMILES string of the molecule is CN1CCN(C(=O)CN2C(=O)S/C(=C\c3ccccc3F)C2=O)CC1. The highest BCUT2D eigenvalue weighted by Gasteiger charge is 2.37. The zero-order chi connectivity index (χ0) is 18.0. The molecule has 0 radical (unpaired) electrons. The summed E-state index contributed by atoms with van der Waals surface area (Å²) in [6.07, 6.45) is 1.35. The lowest BCUT2D eigenvalue weighted by Crippen LogP contribution is -2.50. The van der Waals surface area contributed by atoms with Gasteiger partial charge in [-0.25, -0.2) is 4.39 Å². The van der Waals surface area contributed by atoms with Crippen molar-refractivity contribution < 1.29 is 18.8 Å². The van der Waals surface area contributed by atoms with Crippen LogP contribution in [0.1, 0.15) is 5.56 Å². The molecule has 8 heteroatoms. The maximum atomic E-state index is 13.7. The Morgan fingerprint density at radius 1 is 1.20 bits per heavy atom. The molecule has 0 spiro atoms. The Hall–Kier alpha value is -2.19. The minimum Gasteiger partial charge on any atom is -0.339 e. The largest absolute Gasteiger partial charge is 0.339 e. The van der Waals surface area contributed by atoms with Crippen LogP contribution in [-0.4, -0.2) is 71.5 Å². The summed E-state index contributed by atoms with van der Waals surface area (Å²) in [6.45, 7) is 2.41. The number of halogens is 1. The third kappa shape index (κ3) is 3.91. The van der Waals surface area contributed by atoms with Crippen molar-refractivity contribution in [1.82, 2.24) is 14.7 Å². The van der Waals surface area contributed by atoms with Gasteiger partial charge >= 0.3 is 0 Å². The lowest BCUT2D eigenvalue weighted by Gasteiger charge is -2.33. The third-order valence-electron chi connectivity index (χ3n) is 4.21. The molecule has 0 N–H and O–H groups in total. The van der Waals surface area contributed by atoms with E-state index >= 15 is 0 Å². The number of thioether (sulfide) groups is 1. The molecule has 3 rings (SSSR count). The molecule has 2 aliphatic heterocycles. The third-order valence-corrected chi connectivity index (χ3v) is 5.12. The molecule has 0 atom stereocenters. The average Bonchev–Trinajstić information content (AvgIpc) is 2.85. The summed E-state index contributed by atoms with van der Waals surface area (Å²) >= 11 is 0.727. The zero-order valence-electron chi connectivity index (χ0n) is 13.8. The molecule has 25 heavy (non-hydrogen) atoms. The number of amides is 3. The monoisotopic (exact) mass is 363 g/mol. The molecular formula is C17H18FN3O3S. The number of imide groups is 1. The molecule has 132 valence electrons. The summed E-state index contributed by atoms with van der Waals surface area (Å²) in [7, 11) is 1.98. The van der Waals surface area contributed by atoms with E-state index in [9.17, 15) is 18.8 Å². The van der Waals surface area contributed by atoms with Gasteiger partial charge in [-0.3, -0.25) is 19.3 Å². The van der Waals surface area contributed by atoms with E-state index < -0.39 is 17.0 Å². The smallest absolute Gasteiger partial charge is 0.294 e. The van der Waals surface area contributed by atoms with E-state index in [0.29, 0.717) is 13.1 Å². The normalized spacial score (nSPS) is 20.6. The summed E-state index contributed by atoms with van der Waals surface area (Å²) in [6, 6.07) is 6.01. The first-order chi connectivity index (χ1) is 12.0. The predicted molar refractivity (Wildman–Crippen MR) is 93.2 cm³/mol. The van der Waals surface area contributed by atoms with Gasteiger partial charge in [0.05, 0.1) is 4.91 Å². The van der Waals surface area contributed by atoms with Gasteiger partial charge in [0.15, 0.2) is 0 Å². The number of likely N-dealkylation sites (N-methyl/N-ethyl adjacent to an activating group) is 1. The molecule has 2 heterocycles. The maximum Gasteiger partial charge on any atom is 0.294 e. The van der Waals surface area contributed by atoms with Crippen LogP contribution >= 0.6 is 11.8 Å². The van der Waals surface area contributed by atoms with Crippen molar-refractivity contribution in [2.75, 3.05) is 39.8 Å². The van der Waals surface area contributed by atoms with E-state index in [1.807, 2.05) is 7.05 Å². The topological polar surface area (TPSA) is 60.9 Å². The number of carbonyl (C=O) groups excluding carboxylic acids is 3. The number of carbonyl (C=O) groups is 3. The van der Waals surface area contributed by atoms with Gasteiger partial charge in [-0.1, -0.05) is 18.2 Å². The summed E-state index contributed by atoms with van der Waals surface area (Å²) in [5.74, 6) is -1.27. The highest BCUT2D eigenvalue weighted by molar-refractivity contribution is 8.18. The summed E-state index contributed by atoms with van der Waals surface area (Å²) in [4.78, 5) is 41.7. The van der Waals surface area contributed by atoms with E-state index in [0.717, 1.165) is 29.8 Å². The quantitative estimate of drug-likeness (QED) is 0.764. The Balaban J connectivity index is 1.69. The number of hydrogen-bond acceptors (Lipinski definition) is 5. The van der Waals surface area contributed by atoms with Crippen molar-refractivity contribution in [2.45, 2.75) is 0 Å². The van der Waals surface area contributed by atoms with Gasteiger partial charge in [0, 0.05) is 31.7 Å². The molecule has 2 saturated heterocycles. The molecule has 2 aliphatic rings. The van der Waals surface area contributed by atoms with Crippen LogP contribution < -0.4 is 0 Å². The molecule has 0 bridgehead atoms. The highest BCUT2D eigenvalue weighted by Crippen LogP contribution is 2.32. The van der Waals surface area contributed by atoms with Crippen LogP contribution in [0.15, 0.2) is 29.2 Å². The number of nitrogens with zero attached hydrogens (tertiary/aromatic N) is 3. The van der Waals surface area contributed by atoms with Gasteiger partial charge < -0.3 is 9.80 Å². The van der Waals surface area contributed by atoms with E-state index in [1.165, 1.54) is 18.2 Å². The van der Waals surface area contributed by atoms with Gasteiger partial charge in [-0.05, 0) is 31.0 Å². The Bertz CT molecular complexity index is 744. The standard InChI is InChI=1S/C17H18FN3O3S/c1-19-6-8-20(9-7-19)15(22)11-21-16(23)14(25-17(21)24)10-12-4-2-3-5-13(12)18/h2-5,10H,6-9,11H2,1H3/b14-10-. The van der Waals surface area contributed by atoms with Crippen LogP contribution in [0.25, 0.3) is 6.08 Å². The summed E-state index contributed by atoms with van der Waals surface area (Å²) in [5, 5.41) is -0.505. The van der Waals surface area contributed by atoms with Gasteiger partial charge in [0.1, 0.15) is 12.4 Å². The van der Waals surface area contributed by atoms with E-state index in [-0.39, 0.29) is 22.9 Å². The van der Waals surface area contributed by atoms with Crippen molar-refractivity contribution in [1.29, 1.82) is 0 Å². The summed E-state index contributed by atoms with van der Waals surface area (Å²) < 4.78 is 13.7. The summed E-state index contributed by atoms with van der Waals surface area (Å²) in [5.41, 5.74) is 0.235. The molecule has 1 aromatic carbocycles. The fourth-order valence-electron chi connectivity index (χ4n) is 2.66. The first-order valence-electron chi connectivity index (χ1n) is 7.92. The second-order valence-electron chi connectivity index (χ2n) is 5.97. The Labute approximate surface area is 149 Å². The first-order valence-corrected chi connectivity index (χ1v) is 8.73. The zero-order valence-corrected chi connectivity index (χ0v) is 14.6. The first kappa shape index (κ1) is 17.6. The molecule has 0 unspecified atom stereocenters. The Morgan fingerprint density at radius 3 is 2.56 bits per heavy atom. The molecule has 0 aliphatic carbocycles. The predicted octanol–water partition coefficient (Wildman–Crippen LogP) is 1.64. The van der Waals surface area contributed by atoms with Crippen LogP contribution in [0.3, 0.4) is 0 Å². The number of benzene rings is 1. The highest BCUT2D eigenvalue weighted by atomic mass is 32.2. The van der Waals surface area contributed by atoms with Gasteiger partial charge in [-0.15, -0.1) is 0 Å². The van der Waals surface area contributed by atoms with Gasteiger partial charge in [0.2, 0.25) is 5.91 Å². The van der Waals surface area contributed by atoms with Crippen molar-refractivity contribution in [2.24, 2.45) is 0 Å². The van der Waals surface area contributed by atoms with E-state index in [2.05, 4.69) is 4.90 Å². The molecule has 6 nitrogen and oxygen atoms in total. The Kier molecular flexibility index (Phi) is 5.19. The second kappa shape index (κ2) is 7.37. The number of rotatable bonds is 3. The molecule has 0 saturated carbocycles. The number of piperazine rings is 1.